The van der Waals surface area contributed by atoms with Crippen LogP contribution in [0.3, 0.4) is 0 Å². The third kappa shape index (κ3) is 3.07. The van der Waals surface area contributed by atoms with E-state index in [0.717, 1.165) is 0 Å². The fourth-order valence-corrected chi connectivity index (χ4v) is 6.56. The van der Waals surface area contributed by atoms with Crippen molar-refractivity contribution in [3.8, 4) is 16.8 Å². The number of rotatable bonds is 3. The second-order valence-electron chi connectivity index (χ2n) is 10.2. The van der Waals surface area contributed by atoms with E-state index >= 15 is 0 Å². The summed E-state index contributed by atoms with van der Waals surface area (Å²) in [6.07, 6.45) is 4.76. The van der Waals surface area contributed by atoms with Gasteiger partial charge in [0.2, 0.25) is 0 Å². The molecule has 0 N–H and O–H groups in total. The van der Waals surface area contributed by atoms with Crippen molar-refractivity contribution < 1.29 is 0 Å². The van der Waals surface area contributed by atoms with Crippen molar-refractivity contribution in [3.05, 3.63) is 156 Å². The van der Waals surface area contributed by atoms with E-state index in [0.29, 0.717) is 0 Å². The summed E-state index contributed by atoms with van der Waals surface area (Å²) in [6.45, 7) is 0. The highest BCUT2D eigenvalue weighted by Crippen LogP contribution is 2.53. The molecule has 6 aromatic rings. The molecular formula is C36H26N2. The van der Waals surface area contributed by atoms with Crippen LogP contribution in [0.1, 0.15) is 22.7 Å². The van der Waals surface area contributed by atoms with Gasteiger partial charge in [-0.25, -0.2) is 0 Å². The minimum absolute atomic E-state index is 0.220. The minimum atomic E-state index is 0.220. The highest BCUT2D eigenvalue weighted by molar-refractivity contribution is 5.94. The van der Waals surface area contributed by atoms with Gasteiger partial charge in [0, 0.05) is 28.4 Å². The first-order valence-corrected chi connectivity index (χ1v) is 13.3. The lowest BCUT2D eigenvalue weighted by Crippen LogP contribution is -2.30. The lowest BCUT2D eigenvalue weighted by Gasteiger charge is -2.31. The molecule has 5 aromatic carbocycles. The quantitative estimate of drug-likeness (QED) is 0.242. The monoisotopic (exact) mass is 486 g/mol. The Bertz CT molecular complexity index is 1810. The summed E-state index contributed by atoms with van der Waals surface area (Å²) in [5.41, 5.74) is 11.6. The summed E-state index contributed by atoms with van der Waals surface area (Å²) in [7, 11) is 0. The molecule has 0 amide bonds. The van der Waals surface area contributed by atoms with E-state index in [9.17, 15) is 0 Å². The van der Waals surface area contributed by atoms with Gasteiger partial charge in [-0.1, -0.05) is 103 Å². The van der Waals surface area contributed by atoms with Gasteiger partial charge in [0.25, 0.3) is 0 Å². The molecule has 2 nitrogen and oxygen atoms in total. The number of fused-ring (bicyclic) bond motifs is 7. The van der Waals surface area contributed by atoms with Crippen LogP contribution in [0.15, 0.2) is 140 Å². The van der Waals surface area contributed by atoms with Crippen molar-refractivity contribution in [2.24, 2.45) is 0 Å². The standard InChI is InChI=1S/C36H26N2/c1-3-11-25(12-4-1)26-19-21-28(22-20-26)38-32-18-10-8-16-30(32)36-34(38)24-23-33-35(36)29-15-7-9-17-31(29)37(33)27-13-5-2-6-14-27/h1-24,34,36H. The van der Waals surface area contributed by atoms with Gasteiger partial charge in [-0.2, -0.15) is 0 Å². The molecule has 2 heteroatoms. The SMILES string of the molecule is C1=CC2C(c3ccccc3N2c2ccc(-c3ccccc3)cc2)c2c1n(-c1ccccc1)c1ccccc21. The molecule has 0 fully saturated rings. The molecule has 1 aromatic heterocycles. The zero-order valence-corrected chi connectivity index (χ0v) is 20.9. The molecular weight excluding hydrogens is 460 g/mol. The Kier molecular flexibility index (Phi) is 4.68. The topological polar surface area (TPSA) is 8.17 Å². The van der Waals surface area contributed by atoms with Crippen LogP contribution in [0.5, 0.6) is 0 Å². The zero-order valence-electron chi connectivity index (χ0n) is 20.9. The van der Waals surface area contributed by atoms with Gasteiger partial charge in [0.05, 0.1) is 17.3 Å². The molecule has 1 aliphatic carbocycles. The maximum Gasteiger partial charge on any atom is 0.0637 e. The predicted octanol–water partition coefficient (Wildman–Crippen LogP) is 8.98. The summed E-state index contributed by atoms with van der Waals surface area (Å²) in [5, 5.41) is 1.33. The largest absolute Gasteiger partial charge is 0.333 e. The lowest BCUT2D eigenvalue weighted by atomic mass is 9.82. The summed E-state index contributed by atoms with van der Waals surface area (Å²) < 4.78 is 2.43. The van der Waals surface area contributed by atoms with Gasteiger partial charge < -0.3 is 9.47 Å². The molecule has 2 unspecified atom stereocenters. The number of anilines is 2. The maximum absolute atomic E-state index is 2.53. The van der Waals surface area contributed by atoms with Crippen LogP contribution in [0.4, 0.5) is 11.4 Å². The molecule has 0 radical (unpaired) electrons. The Labute approximate surface area is 222 Å². The molecule has 38 heavy (non-hydrogen) atoms. The van der Waals surface area contributed by atoms with Crippen molar-refractivity contribution in [3.63, 3.8) is 0 Å². The van der Waals surface area contributed by atoms with E-state index in [1.54, 1.807) is 0 Å². The molecule has 0 bridgehead atoms. The average Bonchev–Trinajstić information content (AvgIpc) is 3.51. The summed E-state index contributed by atoms with van der Waals surface area (Å²) in [4.78, 5) is 2.53. The second-order valence-corrected chi connectivity index (χ2v) is 10.2. The second kappa shape index (κ2) is 8.36. The van der Waals surface area contributed by atoms with E-state index < -0.39 is 0 Å². The van der Waals surface area contributed by atoms with Crippen molar-refractivity contribution >= 4 is 28.4 Å². The van der Waals surface area contributed by atoms with Gasteiger partial charge in [-0.3, -0.25) is 0 Å². The van der Waals surface area contributed by atoms with Crippen LogP contribution in [-0.2, 0) is 0 Å². The van der Waals surface area contributed by atoms with Crippen LogP contribution in [0, 0.1) is 0 Å². The molecule has 180 valence electrons. The van der Waals surface area contributed by atoms with Gasteiger partial charge in [-0.05, 0) is 64.7 Å². The third-order valence-corrected chi connectivity index (χ3v) is 8.15. The number of para-hydroxylation sites is 3. The fraction of sp³-hybridized carbons (Fsp3) is 0.0556. The van der Waals surface area contributed by atoms with Crippen LogP contribution in [-0.4, -0.2) is 10.6 Å². The molecule has 2 heterocycles. The van der Waals surface area contributed by atoms with Crippen LogP contribution < -0.4 is 4.90 Å². The van der Waals surface area contributed by atoms with Crippen molar-refractivity contribution in [1.29, 1.82) is 0 Å². The first kappa shape index (κ1) is 21.3. The Morgan fingerprint density at radius 3 is 2.00 bits per heavy atom. The minimum Gasteiger partial charge on any atom is -0.333 e. The number of hydrogen-bond acceptors (Lipinski definition) is 1. The fourth-order valence-electron chi connectivity index (χ4n) is 6.56. The molecule has 8 rings (SSSR count). The smallest absolute Gasteiger partial charge is 0.0637 e. The maximum atomic E-state index is 2.53. The third-order valence-electron chi connectivity index (χ3n) is 8.15. The van der Waals surface area contributed by atoms with E-state index in [1.807, 2.05) is 0 Å². The normalized spacial score (nSPS) is 17.3. The number of aromatic nitrogens is 1. The molecule has 2 atom stereocenters. The zero-order chi connectivity index (χ0) is 25.1. The number of benzene rings is 5. The van der Waals surface area contributed by atoms with Gasteiger partial charge in [0.1, 0.15) is 0 Å². The van der Waals surface area contributed by atoms with Gasteiger partial charge in [-0.15, -0.1) is 0 Å². The molecule has 0 spiro atoms. The highest BCUT2D eigenvalue weighted by Gasteiger charge is 2.43. The average molecular weight is 487 g/mol. The Balaban J connectivity index is 1.31. The van der Waals surface area contributed by atoms with Crippen molar-refractivity contribution in [2.45, 2.75) is 12.0 Å². The van der Waals surface area contributed by atoms with E-state index in [4.69, 9.17) is 0 Å². The lowest BCUT2D eigenvalue weighted by molar-refractivity contribution is 0.725. The van der Waals surface area contributed by atoms with Crippen LogP contribution >= 0.6 is 0 Å². The van der Waals surface area contributed by atoms with Gasteiger partial charge >= 0.3 is 0 Å². The first-order chi connectivity index (χ1) is 18.9. The van der Waals surface area contributed by atoms with Crippen molar-refractivity contribution in [1.82, 2.24) is 4.57 Å². The van der Waals surface area contributed by atoms with Crippen LogP contribution in [0.2, 0.25) is 0 Å². The number of nitrogens with zero attached hydrogens (tertiary/aromatic N) is 2. The van der Waals surface area contributed by atoms with Crippen LogP contribution in [0.25, 0.3) is 33.8 Å². The predicted molar refractivity (Wildman–Crippen MR) is 158 cm³/mol. The Morgan fingerprint density at radius 2 is 1.18 bits per heavy atom. The highest BCUT2D eigenvalue weighted by atomic mass is 15.2. The van der Waals surface area contributed by atoms with E-state index in [1.165, 1.54) is 55.9 Å². The van der Waals surface area contributed by atoms with Gasteiger partial charge in [0.15, 0.2) is 0 Å². The first-order valence-electron chi connectivity index (χ1n) is 13.3. The molecule has 0 saturated carbocycles. The van der Waals surface area contributed by atoms with E-state index in [2.05, 4.69) is 155 Å². The molecule has 2 aliphatic rings. The summed E-state index contributed by atoms with van der Waals surface area (Å²) in [5.74, 6) is 0.259. The summed E-state index contributed by atoms with van der Waals surface area (Å²) >= 11 is 0. The Morgan fingerprint density at radius 1 is 0.526 bits per heavy atom. The molecule has 1 aliphatic heterocycles. The summed E-state index contributed by atoms with van der Waals surface area (Å²) in [6, 6.07) is 48.4. The number of hydrogen-bond donors (Lipinski definition) is 0. The molecule has 0 saturated heterocycles. The van der Waals surface area contributed by atoms with E-state index in [-0.39, 0.29) is 12.0 Å². The Hall–Kier alpha value is -4.82. The van der Waals surface area contributed by atoms with Crippen molar-refractivity contribution in [2.75, 3.05) is 4.90 Å².